The van der Waals surface area contributed by atoms with E-state index in [1.807, 2.05) is 37.2 Å². The van der Waals surface area contributed by atoms with Gasteiger partial charge in [-0.2, -0.15) is 0 Å². The molecule has 1 fully saturated rings. The Morgan fingerprint density at radius 2 is 2.00 bits per heavy atom. The van der Waals surface area contributed by atoms with Gasteiger partial charge in [-0.15, -0.1) is 0 Å². The van der Waals surface area contributed by atoms with Crippen molar-refractivity contribution >= 4 is 17.7 Å². The molecule has 0 aromatic carbocycles. The highest BCUT2D eigenvalue weighted by Crippen LogP contribution is 2.58. The number of rotatable bonds is 5. The maximum atomic E-state index is 12.1. The molecule has 1 saturated carbocycles. The first kappa shape index (κ1) is 15.3. The van der Waals surface area contributed by atoms with Crippen LogP contribution in [0.25, 0.3) is 0 Å². The van der Waals surface area contributed by atoms with Crippen molar-refractivity contribution in [3.05, 3.63) is 23.9 Å². The van der Waals surface area contributed by atoms with E-state index < -0.39 is 23.2 Å². The number of nitrogens with one attached hydrogen (secondary N) is 1. The molecule has 114 valence electrons. The largest absolute Gasteiger partial charge is 0.481 e. The average Bonchev–Trinajstić information content (AvgIpc) is 2.99. The van der Waals surface area contributed by atoms with Crippen LogP contribution in [0.1, 0.15) is 19.5 Å². The van der Waals surface area contributed by atoms with E-state index in [-0.39, 0.29) is 5.91 Å². The molecule has 1 aromatic rings. The Morgan fingerprint density at radius 3 is 2.52 bits per heavy atom. The molecular weight excluding hydrogens is 270 g/mol. The van der Waals surface area contributed by atoms with Gasteiger partial charge < -0.3 is 15.3 Å². The molecule has 1 aromatic heterocycles. The second-order valence-corrected chi connectivity index (χ2v) is 6.21. The van der Waals surface area contributed by atoms with E-state index in [2.05, 4.69) is 10.3 Å². The number of hydrogen-bond donors (Lipinski definition) is 2. The number of anilines is 1. The lowest BCUT2D eigenvalue weighted by atomic mass is 10.1. The van der Waals surface area contributed by atoms with Crippen LogP contribution in [0.15, 0.2) is 18.2 Å². The Hall–Kier alpha value is -2.11. The lowest BCUT2D eigenvalue weighted by molar-refractivity contribution is -0.140. The molecule has 0 saturated heterocycles. The van der Waals surface area contributed by atoms with Gasteiger partial charge in [0.05, 0.1) is 24.1 Å². The number of pyridine rings is 1. The third-order valence-corrected chi connectivity index (χ3v) is 4.07. The number of aromatic nitrogens is 1. The Balaban J connectivity index is 1.96. The van der Waals surface area contributed by atoms with Crippen LogP contribution in [0.2, 0.25) is 0 Å². The van der Waals surface area contributed by atoms with Crippen molar-refractivity contribution in [2.75, 3.05) is 19.0 Å². The standard InChI is InChI=1S/C15H21N3O3/c1-15(2)11(12(15)14(20)21)13(19)16-8-9-6-5-7-10(17-9)18(3)4/h5-7,11-12H,8H2,1-4H3,(H,16,19)(H,20,21)/t11-,12+/m0/s1. The highest BCUT2D eigenvalue weighted by Gasteiger charge is 2.65. The van der Waals surface area contributed by atoms with Crippen LogP contribution < -0.4 is 10.2 Å². The molecule has 0 aliphatic heterocycles. The van der Waals surface area contributed by atoms with Gasteiger partial charge in [-0.25, -0.2) is 4.98 Å². The fourth-order valence-corrected chi connectivity index (χ4v) is 2.69. The molecular formula is C15H21N3O3. The minimum atomic E-state index is -0.909. The van der Waals surface area contributed by atoms with Crippen molar-refractivity contribution < 1.29 is 14.7 Å². The lowest BCUT2D eigenvalue weighted by Crippen LogP contribution is -2.27. The van der Waals surface area contributed by atoms with Gasteiger partial charge in [0, 0.05) is 14.1 Å². The first-order valence-electron chi connectivity index (χ1n) is 6.89. The van der Waals surface area contributed by atoms with Gasteiger partial charge in [-0.1, -0.05) is 19.9 Å². The zero-order chi connectivity index (χ0) is 15.8. The van der Waals surface area contributed by atoms with E-state index in [1.165, 1.54) is 0 Å². The molecule has 6 nitrogen and oxygen atoms in total. The Kier molecular flexibility index (Phi) is 3.89. The number of carboxylic acid groups (broad SMARTS) is 1. The van der Waals surface area contributed by atoms with Crippen LogP contribution in [0.5, 0.6) is 0 Å². The summed E-state index contributed by atoms with van der Waals surface area (Å²) in [5.41, 5.74) is 0.273. The SMILES string of the molecule is CN(C)c1cccc(CNC(=O)[C@@H]2[C@H](C(=O)O)C2(C)C)n1. The normalized spacial score (nSPS) is 22.5. The number of carbonyl (C=O) groups excluding carboxylic acids is 1. The van der Waals surface area contributed by atoms with Crippen LogP contribution in [-0.4, -0.2) is 36.1 Å². The van der Waals surface area contributed by atoms with Crippen molar-refractivity contribution in [3.63, 3.8) is 0 Å². The minimum absolute atomic E-state index is 0.218. The third-order valence-electron chi connectivity index (χ3n) is 4.07. The molecule has 2 N–H and O–H groups in total. The van der Waals surface area contributed by atoms with E-state index in [4.69, 9.17) is 5.11 Å². The van der Waals surface area contributed by atoms with Crippen LogP contribution in [0.4, 0.5) is 5.82 Å². The van der Waals surface area contributed by atoms with Crippen LogP contribution >= 0.6 is 0 Å². The monoisotopic (exact) mass is 291 g/mol. The molecule has 0 spiro atoms. The van der Waals surface area contributed by atoms with E-state index >= 15 is 0 Å². The molecule has 2 atom stereocenters. The average molecular weight is 291 g/mol. The van der Waals surface area contributed by atoms with Crippen LogP contribution in [0, 0.1) is 17.3 Å². The van der Waals surface area contributed by atoms with E-state index in [0.717, 1.165) is 11.5 Å². The molecule has 1 aliphatic rings. The van der Waals surface area contributed by atoms with Gasteiger partial charge in [-0.05, 0) is 17.5 Å². The number of carboxylic acids is 1. The number of amides is 1. The zero-order valence-corrected chi connectivity index (χ0v) is 12.8. The predicted molar refractivity (Wildman–Crippen MR) is 78.8 cm³/mol. The van der Waals surface area contributed by atoms with Crippen molar-refractivity contribution in [1.82, 2.24) is 10.3 Å². The van der Waals surface area contributed by atoms with E-state index in [9.17, 15) is 9.59 Å². The van der Waals surface area contributed by atoms with Crippen LogP contribution in [-0.2, 0) is 16.1 Å². The Labute approximate surface area is 124 Å². The third kappa shape index (κ3) is 2.99. The van der Waals surface area contributed by atoms with Crippen molar-refractivity contribution in [1.29, 1.82) is 0 Å². The molecule has 0 radical (unpaired) electrons. The number of hydrogen-bond acceptors (Lipinski definition) is 4. The minimum Gasteiger partial charge on any atom is -0.481 e. The smallest absolute Gasteiger partial charge is 0.307 e. The van der Waals surface area contributed by atoms with Gasteiger partial charge in [0.2, 0.25) is 5.91 Å². The van der Waals surface area contributed by atoms with Gasteiger partial charge >= 0.3 is 5.97 Å². The molecule has 21 heavy (non-hydrogen) atoms. The van der Waals surface area contributed by atoms with E-state index in [1.54, 1.807) is 13.8 Å². The van der Waals surface area contributed by atoms with E-state index in [0.29, 0.717) is 6.54 Å². The molecule has 6 heteroatoms. The summed E-state index contributed by atoms with van der Waals surface area (Å²) in [6.07, 6.45) is 0. The molecule has 0 unspecified atom stereocenters. The fraction of sp³-hybridized carbons (Fsp3) is 0.533. The molecule has 1 aliphatic carbocycles. The summed E-state index contributed by atoms with van der Waals surface area (Å²) >= 11 is 0. The first-order chi connectivity index (χ1) is 9.75. The summed E-state index contributed by atoms with van der Waals surface area (Å²) in [5, 5.41) is 11.9. The highest BCUT2D eigenvalue weighted by atomic mass is 16.4. The second-order valence-electron chi connectivity index (χ2n) is 6.21. The van der Waals surface area contributed by atoms with Crippen LogP contribution in [0.3, 0.4) is 0 Å². The molecule has 0 bridgehead atoms. The maximum Gasteiger partial charge on any atom is 0.307 e. The molecule has 1 heterocycles. The summed E-state index contributed by atoms with van der Waals surface area (Å²) in [6.45, 7) is 3.92. The predicted octanol–water partition coefficient (Wildman–Crippen LogP) is 1.12. The number of nitrogens with zero attached hydrogens (tertiary/aromatic N) is 2. The first-order valence-corrected chi connectivity index (χ1v) is 6.89. The summed E-state index contributed by atoms with van der Waals surface area (Å²) in [4.78, 5) is 29.5. The quantitative estimate of drug-likeness (QED) is 0.849. The summed E-state index contributed by atoms with van der Waals surface area (Å²) in [5.74, 6) is -1.38. The van der Waals surface area contributed by atoms with Crippen molar-refractivity contribution in [3.8, 4) is 0 Å². The molecule has 1 amide bonds. The number of aliphatic carboxylic acids is 1. The summed E-state index contributed by atoms with van der Waals surface area (Å²) in [6, 6.07) is 5.60. The topological polar surface area (TPSA) is 82.5 Å². The van der Waals surface area contributed by atoms with Gasteiger partial charge in [0.25, 0.3) is 0 Å². The molecule has 2 rings (SSSR count). The van der Waals surface area contributed by atoms with Crippen molar-refractivity contribution in [2.45, 2.75) is 20.4 Å². The summed E-state index contributed by atoms with van der Waals surface area (Å²) in [7, 11) is 3.80. The van der Waals surface area contributed by atoms with Crippen molar-refractivity contribution in [2.24, 2.45) is 17.3 Å². The maximum absolute atomic E-state index is 12.1. The number of carbonyl (C=O) groups is 2. The second kappa shape index (κ2) is 5.35. The van der Waals surface area contributed by atoms with Gasteiger partial charge in [0.15, 0.2) is 0 Å². The Bertz CT molecular complexity index is 569. The zero-order valence-electron chi connectivity index (χ0n) is 12.8. The summed E-state index contributed by atoms with van der Waals surface area (Å²) < 4.78 is 0. The lowest BCUT2D eigenvalue weighted by Gasteiger charge is -2.12. The van der Waals surface area contributed by atoms with Gasteiger partial charge in [-0.3, -0.25) is 9.59 Å². The van der Waals surface area contributed by atoms with Gasteiger partial charge in [0.1, 0.15) is 5.82 Å². The highest BCUT2D eigenvalue weighted by molar-refractivity contribution is 5.91. The Morgan fingerprint density at radius 1 is 1.33 bits per heavy atom. The fourth-order valence-electron chi connectivity index (χ4n) is 2.69.